The average Bonchev–Trinajstić information content (AvgIpc) is 2.63. The van der Waals surface area contributed by atoms with Crippen LogP contribution in [0.1, 0.15) is 0 Å². The Labute approximate surface area is 87.3 Å². The second-order valence-electron chi connectivity index (χ2n) is 2.89. The topological polar surface area (TPSA) is 29.9 Å². The molecule has 0 saturated carbocycles. The predicted molar refractivity (Wildman–Crippen MR) is 59.1 cm³/mol. The van der Waals surface area contributed by atoms with Crippen molar-refractivity contribution in [2.75, 3.05) is 4.72 Å². The number of para-hydroxylation sites is 1. The molecule has 0 bridgehead atoms. The normalized spacial score (nSPS) is 10.1. The molecule has 1 heterocycles. The van der Waals surface area contributed by atoms with Crippen LogP contribution in [-0.2, 0) is 7.05 Å². The summed E-state index contributed by atoms with van der Waals surface area (Å²) < 4.78 is 5.19. The molecule has 0 radical (unpaired) electrons. The Bertz CT molecular complexity index is 397. The van der Waals surface area contributed by atoms with E-state index in [0.29, 0.717) is 0 Å². The maximum atomic E-state index is 4.19. The summed E-state index contributed by atoms with van der Waals surface area (Å²) in [5.41, 5.74) is 1.08. The summed E-state index contributed by atoms with van der Waals surface area (Å²) in [5.74, 6) is 0. The molecular formula is C10H11N3S. The number of hydrogen-bond donors (Lipinski definition) is 1. The number of aromatic nitrogens is 2. The molecule has 2 aromatic rings. The molecule has 1 N–H and O–H groups in total. The summed E-state index contributed by atoms with van der Waals surface area (Å²) in [6, 6.07) is 10.0. The molecule has 2 rings (SSSR count). The molecule has 4 heteroatoms. The van der Waals surface area contributed by atoms with E-state index in [-0.39, 0.29) is 0 Å². The van der Waals surface area contributed by atoms with Crippen molar-refractivity contribution in [1.82, 2.24) is 9.55 Å². The number of nitrogens with zero attached hydrogens (tertiary/aromatic N) is 2. The summed E-state index contributed by atoms with van der Waals surface area (Å²) in [7, 11) is 1.97. The van der Waals surface area contributed by atoms with Crippen molar-refractivity contribution < 1.29 is 0 Å². The molecule has 0 aliphatic rings. The first kappa shape index (κ1) is 9.15. The highest BCUT2D eigenvalue weighted by Crippen LogP contribution is 2.17. The van der Waals surface area contributed by atoms with Gasteiger partial charge in [-0.1, -0.05) is 18.2 Å². The zero-order valence-electron chi connectivity index (χ0n) is 7.84. The van der Waals surface area contributed by atoms with Gasteiger partial charge in [0.25, 0.3) is 0 Å². The molecule has 0 fully saturated rings. The highest BCUT2D eigenvalue weighted by Gasteiger charge is 1.98. The van der Waals surface area contributed by atoms with Crippen LogP contribution < -0.4 is 4.72 Å². The number of imidazole rings is 1. The summed E-state index contributed by atoms with van der Waals surface area (Å²) in [5, 5.41) is 0.953. The standard InChI is InChI=1S/C10H11N3S/c1-13-8-7-11-10(13)14-12-9-5-3-2-4-6-9/h2-8,12H,1H3. The van der Waals surface area contributed by atoms with Crippen molar-refractivity contribution >= 4 is 17.6 Å². The summed E-state index contributed by atoms with van der Waals surface area (Å²) in [4.78, 5) is 4.19. The minimum atomic E-state index is 0.953. The maximum absolute atomic E-state index is 4.19. The van der Waals surface area contributed by atoms with Gasteiger partial charge < -0.3 is 9.29 Å². The first-order valence-corrected chi connectivity index (χ1v) is 5.13. The third kappa shape index (κ3) is 2.09. The molecule has 0 atom stereocenters. The van der Waals surface area contributed by atoms with E-state index in [2.05, 4.69) is 9.71 Å². The summed E-state index contributed by atoms with van der Waals surface area (Å²) in [6.07, 6.45) is 3.71. The van der Waals surface area contributed by atoms with Gasteiger partial charge in [0, 0.05) is 37.1 Å². The summed E-state index contributed by atoms with van der Waals surface area (Å²) >= 11 is 1.51. The zero-order valence-corrected chi connectivity index (χ0v) is 8.66. The lowest BCUT2D eigenvalue weighted by Crippen LogP contribution is -1.93. The number of rotatable bonds is 3. The number of nitrogens with one attached hydrogen (secondary N) is 1. The molecule has 1 aromatic carbocycles. The molecule has 0 aliphatic carbocycles. The molecule has 1 aromatic heterocycles. The number of aryl methyl sites for hydroxylation is 1. The van der Waals surface area contributed by atoms with Gasteiger partial charge in [0.2, 0.25) is 0 Å². The van der Waals surface area contributed by atoms with Crippen molar-refractivity contribution in [2.24, 2.45) is 7.05 Å². The Morgan fingerprint density at radius 1 is 1.29 bits per heavy atom. The van der Waals surface area contributed by atoms with Gasteiger partial charge in [-0.25, -0.2) is 4.98 Å². The Hall–Kier alpha value is -1.42. The minimum Gasteiger partial charge on any atom is -0.328 e. The van der Waals surface area contributed by atoms with E-state index in [1.807, 2.05) is 48.1 Å². The molecule has 0 spiro atoms. The van der Waals surface area contributed by atoms with Crippen LogP contribution in [0.3, 0.4) is 0 Å². The van der Waals surface area contributed by atoms with Gasteiger partial charge >= 0.3 is 0 Å². The molecule has 0 saturated heterocycles. The Balaban J connectivity index is 1.99. The average molecular weight is 205 g/mol. The van der Waals surface area contributed by atoms with Crippen LogP contribution in [0.5, 0.6) is 0 Å². The van der Waals surface area contributed by atoms with Gasteiger partial charge in [0.1, 0.15) is 0 Å². The van der Waals surface area contributed by atoms with Crippen molar-refractivity contribution in [3.05, 3.63) is 42.7 Å². The largest absolute Gasteiger partial charge is 0.328 e. The highest BCUT2D eigenvalue weighted by molar-refractivity contribution is 8.00. The van der Waals surface area contributed by atoms with Gasteiger partial charge in [-0.2, -0.15) is 0 Å². The van der Waals surface area contributed by atoms with Gasteiger partial charge in [-0.05, 0) is 12.1 Å². The van der Waals surface area contributed by atoms with Gasteiger partial charge in [-0.15, -0.1) is 0 Å². The van der Waals surface area contributed by atoms with Crippen LogP contribution in [-0.4, -0.2) is 9.55 Å². The first-order chi connectivity index (χ1) is 6.86. The lowest BCUT2D eigenvalue weighted by molar-refractivity contribution is 0.791. The zero-order chi connectivity index (χ0) is 9.80. The third-order valence-corrected chi connectivity index (χ3v) is 2.72. The van der Waals surface area contributed by atoms with E-state index in [9.17, 15) is 0 Å². The molecule has 72 valence electrons. The van der Waals surface area contributed by atoms with Crippen LogP contribution in [0.25, 0.3) is 0 Å². The third-order valence-electron chi connectivity index (χ3n) is 1.81. The molecule has 14 heavy (non-hydrogen) atoms. The van der Waals surface area contributed by atoms with Crippen molar-refractivity contribution in [2.45, 2.75) is 5.16 Å². The second kappa shape index (κ2) is 4.19. The van der Waals surface area contributed by atoms with Crippen LogP contribution in [0.2, 0.25) is 0 Å². The van der Waals surface area contributed by atoms with Crippen LogP contribution >= 0.6 is 11.9 Å². The fourth-order valence-electron chi connectivity index (χ4n) is 1.06. The van der Waals surface area contributed by atoms with Gasteiger partial charge in [0.15, 0.2) is 5.16 Å². The lowest BCUT2D eigenvalue weighted by Gasteiger charge is -2.03. The quantitative estimate of drug-likeness (QED) is 0.781. The van der Waals surface area contributed by atoms with E-state index in [4.69, 9.17) is 0 Å². The minimum absolute atomic E-state index is 0.953. The molecule has 0 aliphatic heterocycles. The number of hydrogen-bond acceptors (Lipinski definition) is 3. The Morgan fingerprint density at radius 3 is 2.71 bits per heavy atom. The molecule has 3 nitrogen and oxygen atoms in total. The predicted octanol–water partition coefficient (Wildman–Crippen LogP) is 2.54. The van der Waals surface area contributed by atoms with E-state index < -0.39 is 0 Å². The van der Waals surface area contributed by atoms with Crippen molar-refractivity contribution in [3.63, 3.8) is 0 Å². The summed E-state index contributed by atoms with van der Waals surface area (Å²) in [6.45, 7) is 0. The van der Waals surface area contributed by atoms with E-state index in [1.54, 1.807) is 6.20 Å². The lowest BCUT2D eigenvalue weighted by atomic mass is 10.3. The van der Waals surface area contributed by atoms with Crippen LogP contribution in [0.4, 0.5) is 5.69 Å². The fraction of sp³-hybridized carbons (Fsp3) is 0.100. The van der Waals surface area contributed by atoms with Gasteiger partial charge in [0.05, 0.1) is 0 Å². The smallest absolute Gasteiger partial charge is 0.188 e. The van der Waals surface area contributed by atoms with E-state index >= 15 is 0 Å². The van der Waals surface area contributed by atoms with Crippen molar-refractivity contribution in [1.29, 1.82) is 0 Å². The van der Waals surface area contributed by atoms with E-state index in [1.165, 1.54) is 11.9 Å². The highest BCUT2D eigenvalue weighted by atomic mass is 32.2. The number of benzene rings is 1. The molecule has 0 unspecified atom stereocenters. The number of anilines is 1. The first-order valence-electron chi connectivity index (χ1n) is 4.31. The molecule has 0 amide bonds. The monoisotopic (exact) mass is 205 g/mol. The maximum Gasteiger partial charge on any atom is 0.188 e. The Kier molecular flexibility index (Phi) is 2.74. The van der Waals surface area contributed by atoms with Crippen LogP contribution in [0, 0.1) is 0 Å². The fourth-order valence-corrected chi connectivity index (χ4v) is 1.72. The van der Waals surface area contributed by atoms with Crippen LogP contribution in [0.15, 0.2) is 47.9 Å². The second-order valence-corrected chi connectivity index (χ2v) is 3.66. The SMILES string of the molecule is Cn1ccnc1SNc1ccccc1. The van der Waals surface area contributed by atoms with E-state index in [0.717, 1.165) is 10.8 Å². The molecular weight excluding hydrogens is 194 g/mol. The van der Waals surface area contributed by atoms with Crippen molar-refractivity contribution in [3.8, 4) is 0 Å². The van der Waals surface area contributed by atoms with Gasteiger partial charge in [-0.3, -0.25) is 0 Å². The Morgan fingerprint density at radius 2 is 2.07 bits per heavy atom.